The Morgan fingerprint density at radius 1 is 1.05 bits per heavy atom. The summed E-state index contributed by atoms with van der Waals surface area (Å²) in [5.41, 5.74) is 0.807. The van der Waals surface area contributed by atoms with Gasteiger partial charge in [-0.3, -0.25) is 0 Å². The van der Waals surface area contributed by atoms with E-state index in [2.05, 4.69) is 4.90 Å². The van der Waals surface area contributed by atoms with Crippen molar-refractivity contribution in [1.82, 2.24) is 0 Å². The Balaban J connectivity index is 1.69. The standard InChI is InChI=1S/C14H17F2NO4S/c15-13(16)22(18,19)12-3-1-11(2-4-12)17-7-5-14(6-8-17)20-9-10-21-14/h1-4,13H,5-10H2. The van der Waals surface area contributed by atoms with Crippen molar-refractivity contribution in [2.75, 3.05) is 31.2 Å². The highest BCUT2D eigenvalue weighted by Gasteiger charge is 2.39. The van der Waals surface area contributed by atoms with Crippen LogP contribution in [0.1, 0.15) is 12.8 Å². The number of ether oxygens (including phenoxy) is 2. The minimum Gasteiger partial charge on any atom is -0.371 e. The first-order valence-corrected chi connectivity index (χ1v) is 8.63. The fraction of sp³-hybridized carbons (Fsp3) is 0.571. The molecular formula is C14H17F2NO4S. The quantitative estimate of drug-likeness (QED) is 0.847. The molecule has 3 rings (SSSR count). The van der Waals surface area contributed by atoms with Crippen LogP contribution in [0, 0.1) is 0 Å². The van der Waals surface area contributed by atoms with E-state index in [1.165, 1.54) is 12.1 Å². The van der Waals surface area contributed by atoms with Crippen molar-refractivity contribution in [3.8, 4) is 0 Å². The van der Waals surface area contributed by atoms with E-state index in [1.807, 2.05) is 0 Å². The van der Waals surface area contributed by atoms with E-state index < -0.39 is 21.4 Å². The highest BCUT2D eigenvalue weighted by atomic mass is 32.2. The molecular weight excluding hydrogens is 316 g/mol. The van der Waals surface area contributed by atoms with Gasteiger partial charge in [0.1, 0.15) is 0 Å². The third-order valence-electron chi connectivity index (χ3n) is 4.10. The monoisotopic (exact) mass is 333 g/mol. The molecule has 2 heterocycles. The molecule has 0 unspecified atom stereocenters. The van der Waals surface area contributed by atoms with Gasteiger partial charge in [-0.15, -0.1) is 0 Å². The first-order chi connectivity index (χ1) is 10.4. The van der Waals surface area contributed by atoms with Crippen LogP contribution in [0.15, 0.2) is 29.2 Å². The maximum absolute atomic E-state index is 12.5. The van der Waals surface area contributed by atoms with Crippen LogP contribution < -0.4 is 4.90 Å². The molecule has 2 fully saturated rings. The van der Waals surface area contributed by atoms with E-state index in [1.54, 1.807) is 12.1 Å². The molecule has 0 aliphatic carbocycles. The smallest absolute Gasteiger partial charge is 0.341 e. The Bertz CT molecular complexity index is 617. The molecule has 0 saturated carbocycles. The Kier molecular flexibility index (Phi) is 4.09. The highest BCUT2D eigenvalue weighted by Crippen LogP contribution is 2.33. The Morgan fingerprint density at radius 3 is 2.09 bits per heavy atom. The molecule has 5 nitrogen and oxygen atoms in total. The number of halogens is 2. The molecule has 0 radical (unpaired) electrons. The van der Waals surface area contributed by atoms with Gasteiger partial charge in [0.15, 0.2) is 5.79 Å². The first-order valence-electron chi connectivity index (χ1n) is 7.08. The summed E-state index contributed by atoms with van der Waals surface area (Å²) in [7, 11) is -4.53. The Labute approximate surface area is 127 Å². The van der Waals surface area contributed by atoms with Crippen molar-refractivity contribution in [3.05, 3.63) is 24.3 Å². The van der Waals surface area contributed by atoms with Crippen molar-refractivity contribution in [1.29, 1.82) is 0 Å². The number of anilines is 1. The molecule has 0 amide bonds. The lowest BCUT2D eigenvalue weighted by atomic mass is 10.0. The Hall–Kier alpha value is -1.25. The molecule has 2 aliphatic heterocycles. The van der Waals surface area contributed by atoms with Gasteiger partial charge in [-0.05, 0) is 24.3 Å². The van der Waals surface area contributed by atoms with Crippen LogP contribution in [0.25, 0.3) is 0 Å². The molecule has 122 valence electrons. The molecule has 2 saturated heterocycles. The second kappa shape index (κ2) is 5.75. The third kappa shape index (κ3) is 2.82. The molecule has 0 N–H and O–H groups in total. The summed E-state index contributed by atoms with van der Waals surface area (Å²) in [6, 6.07) is 5.57. The summed E-state index contributed by atoms with van der Waals surface area (Å²) < 4.78 is 59.1. The molecule has 1 aromatic rings. The fourth-order valence-electron chi connectivity index (χ4n) is 2.84. The molecule has 22 heavy (non-hydrogen) atoms. The number of benzene rings is 1. The first kappa shape index (κ1) is 15.6. The van der Waals surface area contributed by atoms with Gasteiger partial charge in [-0.2, -0.15) is 8.78 Å². The minimum atomic E-state index is -4.53. The van der Waals surface area contributed by atoms with Crippen LogP contribution in [0.3, 0.4) is 0 Å². The van der Waals surface area contributed by atoms with E-state index in [-0.39, 0.29) is 4.90 Å². The second-order valence-electron chi connectivity index (χ2n) is 5.39. The minimum absolute atomic E-state index is 0.359. The van der Waals surface area contributed by atoms with Gasteiger partial charge in [-0.1, -0.05) is 0 Å². The summed E-state index contributed by atoms with van der Waals surface area (Å²) in [6.45, 7) is 2.64. The van der Waals surface area contributed by atoms with Gasteiger partial charge in [0.05, 0.1) is 18.1 Å². The summed E-state index contributed by atoms with van der Waals surface area (Å²) >= 11 is 0. The topological polar surface area (TPSA) is 55.8 Å². The van der Waals surface area contributed by atoms with E-state index in [4.69, 9.17) is 9.47 Å². The molecule has 0 bridgehead atoms. The largest absolute Gasteiger partial charge is 0.371 e. The highest BCUT2D eigenvalue weighted by molar-refractivity contribution is 7.91. The molecule has 0 atom stereocenters. The molecule has 2 aliphatic rings. The number of hydrogen-bond donors (Lipinski definition) is 0. The van der Waals surface area contributed by atoms with Crippen LogP contribution in [0.4, 0.5) is 14.5 Å². The zero-order valence-electron chi connectivity index (χ0n) is 11.9. The van der Waals surface area contributed by atoms with E-state index in [9.17, 15) is 17.2 Å². The number of alkyl halides is 2. The molecule has 8 heteroatoms. The average Bonchev–Trinajstić information content (AvgIpc) is 2.96. The van der Waals surface area contributed by atoms with E-state index >= 15 is 0 Å². The van der Waals surface area contributed by atoms with Crippen molar-refractivity contribution in [2.45, 2.75) is 29.3 Å². The van der Waals surface area contributed by atoms with Crippen molar-refractivity contribution >= 4 is 15.5 Å². The molecule has 0 aromatic heterocycles. The van der Waals surface area contributed by atoms with Crippen molar-refractivity contribution < 1.29 is 26.7 Å². The van der Waals surface area contributed by atoms with Gasteiger partial charge < -0.3 is 14.4 Å². The summed E-state index contributed by atoms with van der Waals surface area (Å²) in [6.07, 6.45) is 1.45. The lowest BCUT2D eigenvalue weighted by molar-refractivity contribution is -0.169. The molecule has 1 spiro atoms. The second-order valence-corrected chi connectivity index (χ2v) is 7.31. The molecule has 1 aromatic carbocycles. The van der Waals surface area contributed by atoms with E-state index in [0.717, 1.165) is 18.5 Å². The number of nitrogens with zero attached hydrogens (tertiary/aromatic N) is 1. The SMILES string of the molecule is O=S(=O)(c1ccc(N2CCC3(CC2)OCCO3)cc1)C(F)F. The van der Waals surface area contributed by atoms with Crippen LogP contribution >= 0.6 is 0 Å². The average molecular weight is 333 g/mol. The number of hydrogen-bond acceptors (Lipinski definition) is 5. The lowest BCUT2D eigenvalue weighted by Crippen LogP contribution is -2.45. The number of piperidine rings is 1. The van der Waals surface area contributed by atoms with Crippen LogP contribution in [-0.4, -0.2) is 46.3 Å². The van der Waals surface area contributed by atoms with Gasteiger partial charge >= 0.3 is 5.76 Å². The van der Waals surface area contributed by atoms with Crippen LogP contribution in [0.5, 0.6) is 0 Å². The lowest BCUT2D eigenvalue weighted by Gasteiger charge is -2.38. The summed E-state index contributed by atoms with van der Waals surface area (Å²) in [5.74, 6) is -3.88. The van der Waals surface area contributed by atoms with E-state index in [0.29, 0.717) is 26.3 Å². The maximum Gasteiger partial charge on any atom is 0.341 e. The van der Waals surface area contributed by atoms with Gasteiger partial charge in [0.2, 0.25) is 9.84 Å². The normalized spacial score (nSPS) is 21.7. The zero-order chi connectivity index (χ0) is 15.8. The van der Waals surface area contributed by atoms with Crippen LogP contribution in [0.2, 0.25) is 0 Å². The summed E-state index contributed by atoms with van der Waals surface area (Å²) in [4.78, 5) is 1.71. The predicted octanol–water partition coefficient (Wildman–Crippen LogP) is 2.03. The van der Waals surface area contributed by atoms with Crippen LogP contribution in [-0.2, 0) is 19.3 Å². The predicted molar refractivity (Wildman–Crippen MR) is 75.7 cm³/mol. The summed E-state index contributed by atoms with van der Waals surface area (Å²) in [5, 5.41) is 0. The number of rotatable bonds is 3. The van der Waals surface area contributed by atoms with Crippen molar-refractivity contribution in [2.24, 2.45) is 0 Å². The Morgan fingerprint density at radius 2 is 1.59 bits per heavy atom. The van der Waals surface area contributed by atoms with Gasteiger partial charge in [0, 0.05) is 31.6 Å². The fourth-order valence-corrected chi connectivity index (χ4v) is 3.56. The third-order valence-corrected chi connectivity index (χ3v) is 5.50. The number of sulfone groups is 1. The van der Waals surface area contributed by atoms with Gasteiger partial charge in [0.25, 0.3) is 0 Å². The zero-order valence-corrected chi connectivity index (χ0v) is 12.7. The maximum atomic E-state index is 12.5. The van der Waals surface area contributed by atoms with Gasteiger partial charge in [-0.25, -0.2) is 8.42 Å². The van der Waals surface area contributed by atoms with Crippen molar-refractivity contribution in [3.63, 3.8) is 0 Å².